The number of rotatable bonds is 4. The Morgan fingerprint density at radius 1 is 1.50 bits per heavy atom. The Hall–Kier alpha value is -0.910. The number of hydrogen-bond acceptors (Lipinski definition) is 2. The minimum atomic E-state index is -1.07. The maximum atomic E-state index is 12.5. The van der Waals surface area contributed by atoms with Gasteiger partial charge >= 0.3 is 0 Å². The molecule has 22 heavy (non-hydrogen) atoms. The van der Waals surface area contributed by atoms with Crippen LogP contribution in [0.5, 0.6) is 0 Å². The van der Waals surface area contributed by atoms with E-state index in [1.165, 1.54) is 0 Å². The highest BCUT2D eigenvalue weighted by Crippen LogP contribution is 2.22. The molecule has 1 aliphatic rings. The van der Waals surface area contributed by atoms with Crippen molar-refractivity contribution in [3.05, 3.63) is 34.3 Å². The monoisotopic (exact) mass is 342 g/mol. The van der Waals surface area contributed by atoms with Crippen molar-refractivity contribution in [2.24, 2.45) is 0 Å². The third-order valence-electron chi connectivity index (χ3n) is 3.81. The number of benzene rings is 1. The predicted molar refractivity (Wildman–Crippen MR) is 91.0 cm³/mol. The summed E-state index contributed by atoms with van der Waals surface area (Å²) in [6.07, 6.45) is 1.57. The smallest absolute Gasteiger partial charge is 0.238 e. The number of hydrogen-bond donors (Lipinski definition) is 1. The molecule has 0 radical (unpaired) electrons. The van der Waals surface area contributed by atoms with Gasteiger partial charge in [-0.25, -0.2) is 8.51 Å². The Morgan fingerprint density at radius 2 is 2.23 bits per heavy atom. The maximum absolute atomic E-state index is 12.5. The lowest BCUT2D eigenvalue weighted by Gasteiger charge is -2.36. The van der Waals surface area contributed by atoms with Gasteiger partial charge in [-0.1, -0.05) is 23.7 Å². The first-order valence-corrected chi connectivity index (χ1v) is 9.25. The fraction of sp³-hybridized carbons (Fsp3) is 0.562. The van der Waals surface area contributed by atoms with E-state index in [0.717, 1.165) is 24.0 Å². The molecule has 1 amide bonds. The van der Waals surface area contributed by atoms with Crippen LogP contribution in [0.2, 0.25) is 5.02 Å². The topological polar surface area (TPSA) is 49.4 Å². The quantitative estimate of drug-likeness (QED) is 0.914. The lowest BCUT2D eigenvalue weighted by atomic mass is 10.1. The number of amides is 1. The molecule has 1 fully saturated rings. The molecule has 0 aliphatic carbocycles. The second kappa shape index (κ2) is 7.57. The highest BCUT2D eigenvalue weighted by atomic mass is 35.5. The van der Waals surface area contributed by atoms with Gasteiger partial charge in [0.15, 0.2) is 0 Å². The fourth-order valence-corrected chi connectivity index (χ4v) is 4.59. The molecule has 1 saturated heterocycles. The van der Waals surface area contributed by atoms with Gasteiger partial charge in [-0.05, 0) is 50.8 Å². The molecule has 0 aromatic heterocycles. The molecule has 2 unspecified atom stereocenters. The molecular weight excluding hydrogens is 320 g/mol. The molecule has 1 N–H and O–H groups in total. The van der Waals surface area contributed by atoms with Gasteiger partial charge in [0.1, 0.15) is 6.04 Å². The zero-order valence-electron chi connectivity index (χ0n) is 13.3. The fourth-order valence-electron chi connectivity index (χ4n) is 2.71. The number of carbonyl (C=O) groups is 1. The van der Waals surface area contributed by atoms with Crippen molar-refractivity contribution >= 4 is 28.5 Å². The molecule has 2 atom stereocenters. The Morgan fingerprint density at radius 3 is 2.86 bits per heavy atom. The van der Waals surface area contributed by atoms with Crippen LogP contribution < -0.4 is 5.32 Å². The molecule has 1 aromatic rings. The van der Waals surface area contributed by atoms with Gasteiger partial charge in [0.2, 0.25) is 5.91 Å². The number of nitrogens with one attached hydrogen (secondary N) is 1. The minimum absolute atomic E-state index is 0.0709. The Balaban J connectivity index is 2.03. The maximum Gasteiger partial charge on any atom is 0.238 e. The van der Waals surface area contributed by atoms with Gasteiger partial charge in [0.05, 0.1) is 11.0 Å². The second-order valence-corrected chi connectivity index (χ2v) is 7.83. The number of halogens is 1. The molecule has 1 heterocycles. The van der Waals surface area contributed by atoms with Crippen LogP contribution in [0.4, 0.5) is 0 Å². The summed E-state index contributed by atoms with van der Waals surface area (Å²) >= 11 is 6.19. The van der Waals surface area contributed by atoms with E-state index < -0.39 is 11.0 Å². The molecule has 6 heteroatoms. The van der Waals surface area contributed by atoms with Crippen LogP contribution in [0.1, 0.15) is 37.8 Å². The molecule has 0 spiro atoms. The van der Waals surface area contributed by atoms with Crippen molar-refractivity contribution in [1.29, 1.82) is 0 Å². The lowest BCUT2D eigenvalue weighted by Crippen LogP contribution is -2.53. The molecule has 122 valence electrons. The van der Waals surface area contributed by atoms with Crippen LogP contribution in [-0.4, -0.2) is 32.3 Å². The number of carbonyl (C=O) groups excluding carboxylic acids is 1. The van der Waals surface area contributed by atoms with E-state index in [9.17, 15) is 9.00 Å². The highest BCUT2D eigenvalue weighted by molar-refractivity contribution is 7.82. The van der Waals surface area contributed by atoms with Gasteiger partial charge in [-0.3, -0.25) is 4.79 Å². The molecule has 1 aromatic carbocycles. The van der Waals surface area contributed by atoms with E-state index in [1.807, 2.05) is 43.3 Å². The van der Waals surface area contributed by atoms with E-state index in [4.69, 9.17) is 11.6 Å². The van der Waals surface area contributed by atoms with Crippen molar-refractivity contribution in [3.8, 4) is 0 Å². The standard InChI is InChI=1S/C16H23ClN2O2S/c1-11(2)19-15(5-4-8-22(19)21)16(20)18-10-13-7-6-12(3)9-14(13)17/h6-7,9,11,15H,4-5,8,10H2,1-3H3,(H,18,20). The summed E-state index contributed by atoms with van der Waals surface area (Å²) in [7, 11) is -1.07. The first-order chi connectivity index (χ1) is 10.4. The molecule has 2 rings (SSSR count). The zero-order valence-corrected chi connectivity index (χ0v) is 14.8. The molecular formula is C16H23ClN2O2S. The Labute approximate surface area is 139 Å². The van der Waals surface area contributed by atoms with Crippen molar-refractivity contribution in [2.45, 2.75) is 52.2 Å². The van der Waals surface area contributed by atoms with Crippen molar-refractivity contribution in [3.63, 3.8) is 0 Å². The summed E-state index contributed by atoms with van der Waals surface area (Å²) in [4.78, 5) is 12.5. The van der Waals surface area contributed by atoms with E-state index in [-0.39, 0.29) is 18.0 Å². The van der Waals surface area contributed by atoms with Gasteiger partial charge in [-0.2, -0.15) is 0 Å². The third-order valence-corrected chi connectivity index (χ3v) is 5.95. The van der Waals surface area contributed by atoms with Crippen LogP contribution in [0.3, 0.4) is 0 Å². The lowest BCUT2D eigenvalue weighted by molar-refractivity contribution is -0.125. The SMILES string of the molecule is Cc1ccc(CNC(=O)C2CCCS(=O)N2C(C)C)c(Cl)c1. The first kappa shape index (κ1) is 17.4. The first-order valence-electron chi connectivity index (χ1n) is 7.59. The second-order valence-electron chi connectivity index (χ2n) is 5.95. The summed E-state index contributed by atoms with van der Waals surface area (Å²) in [5.74, 6) is 0.574. The Kier molecular flexibility index (Phi) is 6.01. The van der Waals surface area contributed by atoms with E-state index >= 15 is 0 Å². The van der Waals surface area contributed by atoms with Crippen molar-refractivity contribution in [1.82, 2.24) is 9.62 Å². The number of aryl methyl sites for hydroxylation is 1. The van der Waals surface area contributed by atoms with Gasteiger partial charge in [-0.15, -0.1) is 0 Å². The summed E-state index contributed by atoms with van der Waals surface area (Å²) in [5.41, 5.74) is 1.99. The summed E-state index contributed by atoms with van der Waals surface area (Å²) in [6, 6.07) is 5.55. The van der Waals surface area contributed by atoms with Crippen molar-refractivity contribution < 1.29 is 9.00 Å². The van der Waals surface area contributed by atoms with Gasteiger partial charge < -0.3 is 5.32 Å². The molecule has 0 saturated carbocycles. The van der Waals surface area contributed by atoms with Gasteiger partial charge in [0, 0.05) is 23.4 Å². The zero-order chi connectivity index (χ0) is 16.3. The molecule has 0 bridgehead atoms. The highest BCUT2D eigenvalue weighted by Gasteiger charge is 2.34. The summed E-state index contributed by atoms with van der Waals surface area (Å²) in [5, 5.41) is 3.60. The van der Waals surface area contributed by atoms with Crippen LogP contribution in [0.25, 0.3) is 0 Å². The van der Waals surface area contributed by atoms with Crippen LogP contribution in [-0.2, 0) is 22.3 Å². The third kappa shape index (κ3) is 4.09. The normalized spacial score (nSPS) is 22.8. The van der Waals surface area contributed by atoms with E-state index in [1.54, 1.807) is 0 Å². The van der Waals surface area contributed by atoms with Gasteiger partial charge in [0.25, 0.3) is 0 Å². The molecule has 1 aliphatic heterocycles. The summed E-state index contributed by atoms with van der Waals surface area (Å²) in [6.45, 7) is 6.32. The minimum Gasteiger partial charge on any atom is -0.351 e. The van der Waals surface area contributed by atoms with E-state index in [2.05, 4.69) is 5.32 Å². The average Bonchev–Trinajstić information content (AvgIpc) is 2.45. The van der Waals surface area contributed by atoms with Crippen LogP contribution >= 0.6 is 11.6 Å². The van der Waals surface area contributed by atoms with Crippen molar-refractivity contribution in [2.75, 3.05) is 5.75 Å². The Bertz CT molecular complexity index is 577. The van der Waals surface area contributed by atoms with Crippen LogP contribution in [0, 0.1) is 6.92 Å². The molecule has 4 nitrogen and oxygen atoms in total. The predicted octanol–water partition coefficient (Wildman–Crippen LogP) is 2.80. The number of nitrogens with zero attached hydrogens (tertiary/aromatic N) is 1. The summed E-state index contributed by atoms with van der Waals surface area (Å²) < 4.78 is 14.0. The van der Waals surface area contributed by atoms with E-state index in [0.29, 0.717) is 17.3 Å². The largest absolute Gasteiger partial charge is 0.351 e. The average molecular weight is 343 g/mol. The van der Waals surface area contributed by atoms with Crippen LogP contribution in [0.15, 0.2) is 18.2 Å².